The number of carbonyl (C=O) groups excluding carboxylic acids is 1. The molecule has 0 aliphatic carbocycles. The average Bonchev–Trinajstić information content (AvgIpc) is 3.53. The topological polar surface area (TPSA) is 141 Å². The van der Waals surface area contributed by atoms with Crippen LogP contribution < -0.4 is 62.3 Å². The fraction of sp³-hybridized carbons (Fsp3) is 0.186. The van der Waals surface area contributed by atoms with Gasteiger partial charge in [-0.25, -0.2) is 9.98 Å². The number of aromatic carboxylic acids is 1. The summed E-state index contributed by atoms with van der Waals surface area (Å²) in [5.74, 6) is 5.34. The second-order valence-electron chi connectivity index (χ2n) is 13.1. The first-order chi connectivity index (χ1) is 25.2. The Bertz CT molecular complexity index is 2100. The number of imidazole rings is 1. The molecule has 1 heterocycles. The Balaban J connectivity index is 0.00000541. The Morgan fingerprint density at radius 2 is 1.30 bits per heavy atom. The van der Waals surface area contributed by atoms with Gasteiger partial charge in [-0.1, -0.05) is 152 Å². The molecule has 6 rings (SSSR count). The second kappa shape index (κ2) is 17.5. The molecular formula is C43H41KN6O3. The summed E-state index contributed by atoms with van der Waals surface area (Å²) in [5.41, 5.74) is 3.71. The minimum absolute atomic E-state index is 0. The maximum absolute atomic E-state index is 12.3. The second-order valence-corrected chi connectivity index (χ2v) is 13.1. The van der Waals surface area contributed by atoms with Gasteiger partial charge in [0.25, 0.3) is 0 Å². The number of carbonyl (C=O) groups is 1. The number of hydrogen-bond acceptors (Lipinski definition) is 6. The van der Waals surface area contributed by atoms with E-state index < -0.39 is 17.1 Å². The third kappa shape index (κ3) is 8.49. The van der Waals surface area contributed by atoms with E-state index in [1.807, 2.05) is 110 Å². The van der Waals surface area contributed by atoms with E-state index in [0.29, 0.717) is 18.1 Å². The monoisotopic (exact) mass is 728 g/mol. The minimum Gasteiger partial charge on any atom is -0.543 e. The summed E-state index contributed by atoms with van der Waals surface area (Å²) in [7, 11) is 0. The van der Waals surface area contributed by atoms with Crippen LogP contribution in [0.4, 0.5) is 0 Å². The van der Waals surface area contributed by atoms with Gasteiger partial charge in [0.15, 0.2) is 5.84 Å². The van der Waals surface area contributed by atoms with Crippen molar-refractivity contribution in [3.8, 4) is 11.1 Å². The van der Waals surface area contributed by atoms with Gasteiger partial charge in [-0.3, -0.25) is 0 Å². The zero-order chi connectivity index (χ0) is 36.7. The molecule has 9 nitrogen and oxygen atoms in total. The van der Waals surface area contributed by atoms with Crippen LogP contribution >= 0.6 is 0 Å². The van der Waals surface area contributed by atoms with Crippen LogP contribution in [-0.2, 0) is 24.1 Å². The molecule has 0 aliphatic rings. The molecule has 0 aliphatic heterocycles. The van der Waals surface area contributed by atoms with E-state index in [1.165, 1.54) is 13.8 Å². The van der Waals surface area contributed by atoms with E-state index in [1.54, 1.807) is 4.57 Å². The Morgan fingerprint density at radius 1 is 0.792 bits per heavy atom. The molecule has 0 amide bonds. The number of nitrogens with two attached hydrogens (primary N) is 1. The van der Waals surface area contributed by atoms with E-state index in [9.17, 15) is 15.0 Å². The van der Waals surface area contributed by atoms with E-state index in [2.05, 4.69) is 51.7 Å². The van der Waals surface area contributed by atoms with Crippen molar-refractivity contribution in [3.05, 3.63) is 185 Å². The van der Waals surface area contributed by atoms with Gasteiger partial charge in [0.1, 0.15) is 17.0 Å². The minimum atomic E-state index is -1.45. The summed E-state index contributed by atoms with van der Waals surface area (Å²) in [6.07, 6.45) is 1.31. The summed E-state index contributed by atoms with van der Waals surface area (Å²) >= 11 is 0. The largest absolute Gasteiger partial charge is 1.00 e. The molecule has 53 heavy (non-hydrogen) atoms. The van der Waals surface area contributed by atoms with Gasteiger partial charge in [-0.2, -0.15) is 0 Å². The Labute approximate surface area is 352 Å². The smallest absolute Gasteiger partial charge is 0.543 e. The first kappa shape index (κ1) is 39.6. The third-order valence-electron chi connectivity index (χ3n) is 9.07. The summed E-state index contributed by atoms with van der Waals surface area (Å²) in [4.78, 5) is 22.4. The van der Waals surface area contributed by atoms with E-state index in [-0.39, 0.29) is 69.3 Å². The molecule has 3 N–H and O–H groups in total. The van der Waals surface area contributed by atoms with Gasteiger partial charge in [0.05, 0.1) is 17.4 Å². The maximum Gasteiger partial charge on any atom is 1.00 e. The molecule has 10 heteroatoms. The molecule has 0 saturated heterocycles. The summed E-state index contributed by atoms with van der Waals surface area (Å²) in [5, 5.41) is 31.3. The van der Waals surface area contributed by atoms with Gasteiger partial charge in [-0.05, 0) is 53.6 Å². The van der Waals surface area contributed by atoms with Gasteiger partial charge in [-0.15, -0.1) is 5.11 Å². The number of aromatic nitrogens is 2. The summed E-state index contributed by atoms with van der Waals surface area (Å²) in [6.45, 7) is 5.30. The van der Waals surface area contributed by atoms with Crippen LogP contribution in [0.3, 0.4) is 0 Å². The average molecular weight is 729 g/mol. The number of benzene rings is 5. The van der Waals surface area contributed by atoms with E-state index in [0.717, 1.165) is 45.4 Å². The fourth-order valence-electron chi connectivity index (χ4n) is 6.70. The summed E-state index contributed by atoms with van der Waals surface area (Å²) in [6, 6.07) is 46.0. The van der Waals surface area contributed by atoms with Crippen LogP contribution in [0.25, 0.3) is 11.1 Å². The maximum atomic E-state index is 12.3. The van der Waals surface area contributed by atoms with Crippen molar-refractivity contribution < 1.29 is 66.4 Å². The van der Waals surface area contributed by atoms with Crippen molar-refractivity contribution in [2.24, 2.45) is 21.2 Å². The van der Waals surface area contributed by atoms with Crippen molar-refractivity contribution in [2.75, 3.05) is 0 Å². The van der Waals surface area contributed by atoms with E-state index >= 15 is 0 Å². The normalized spacial score (nSPS) is 12.1. The number of rotatable bonds is 12. The molecule has 0 bridgehead atoms. The predicted molar refractivity (Wildman–Crippen MR) is 202 cm³/mol. The van der Waals surface area contributed by atoms with Gasteiger partial charge >= 0.3 is 51.4 Å². The standard InChI is InChI=1S/C43H42N6O3.K/c1-4-16-37-45-39(42(2,3)52)38(41(50)51)49(37)29-30-25-27-31(28-26-30)35-23-14-15-24-36(35)40(47-48-44)46-43(32-17-8-5-9-18-32,33-19-10-6-11-20-33)34-21-12-7-13-22-34;/h5-15,17-28,52H,4,16,29H2,1-3H3,(H,50,51)(H2,44,46,47);/q;+1/p-1. The van der Waals surface area contributed by atoms with Gasteiger partial charge in [0.2, 0.25) is 0 Å². The molecule has 0 unspecified atom stereocenters. The molecule has 262 valence electrons. The van der Waals surface area contributed by atoms with Crippen molar-refractivity contribution >= 4 is 11.8 Å². The summed E-state index contributed by atoms with van der Waals surface area (Å²) < 4.78 is 1.64. The zero-order valence-corrected chi connectivity index (χ0v) is 33.6. The predicted octanol–water partition coefficient (Wildman–Crippen LogP) is 4.21. The Kier molecular flexibility index (Phi) is 13.1. The number of amidine groups is 1. The van der Waals surface area contributed by atoms with Crippen LogP contribution in [0.5, 0.6) is 0 Å². The Morgan fingerprint density at radius 3 is 1.77 bits per heavy atom. The third-order valence-corrected chi connectivity index (χ3v) is 9.07. The SMILES string of the molecule is CCCc1nc(C(C)(C)O)c(C(=O)[O-])n1Cc1ccc(-c2ccccc2C(N=NN)=NC(c2ccccc2)(c2ccccc2)c2ccccc2)cc1.[K+]. The van der Waals surface area contributed by atoms with Crippen molar-refractivity contribution in [1.29, 1.82) is 0 Å². The molecule has 0 atom stereocenters. The number of aliphatic hydroxyl groups is 1. The Hall–Kier alpha value is -4.55. The molecule has 0 fully saturated rings. The van der Waals surface area contributed by atoms with Crippen LogP contribution in [0.2, 0.25) is 0 Å². The van der Waals surface area contributed by atoms with Crippen molar-refractivity contribution in [1.82, 2.24) is 9.55 Å². The number of hydrogen-bond donors (Lipinski definition) is 2. The van der Waals surface area contributed by atoms with E-state index in [4.69, 9.17) is 10.8 Å². The van der Waals surface area contributed by atoms with Crippen LogP contribution in [0.1, 0.15) is 77.0 Å². The molecule has 0 saturated carbocycles. The first-order valence-corrected chi connectivity index (χ1v) is 17.3. The van der Waals surface area contributed by atoms with Crippen molar-refractivity contribution in [2.45, 2.75) is 51.3 Å². The van der Waals surface area contributed by atoms with Crippen LogP contribution in [-0.4, -0.2) is 26.5 Å². The van der Waals surface area contributed by atoms with Crippen LogP contribution in [0.15, 0.2) is 155 Å². The molecule has 0 spiro atoms. The number of aliphatic imine (C=N–C) groups is 1. The quantitative estimate of drug-likeness (QED) is 0.0370. The van der Waals surface area contributed by atoms with Gasteiger partial charge in [0, 0.05) is 18.5 Å². The number of carboxylic acid groups (broad SMARTS) is 1. The van der Waals surface area contributed by atoms with Crippen LogP contribution in [0, 0.1) is 0 Å². The van der Waals surface area contributed by atoms with Gasteiger partial charge < -0.3 is 25.4 Å². The molecule has 0 radical (unpaired) electrons. The number of carboxylic acids is 1. The van der Waals surface area contributed by atoms with Crippen molar-refractivity contribution in [3.63, 3.8) is 0 Å². The zero-order valence-electron chi connectivity index (χ0n) is 30.5. The molecule has 5 aromatic carbocycles. The molecular weight excluding hydrogens is 688 g/mol. The molecule has 6 aromatic rings. The fourth-order valence-corrected chi connectivity index (χ4v) is 6.70. The molecule has 1 aromatic heterocycles. The number of nitrogens with zero attached hydrogens (tertiary/aromatic N) is 5. The number of aryl methyl sites for hydroxylation is 1. The first-order valence-electron chi connectivity index (χ1n) is 17.3.